The van der Waals surface area contributed by atoms with Crippen molar-refractivity contribution in [2.45, 2.75) is 13.5 Å². The van der Waals surface area contributed by atoms with Crippen molar-refractivity contribution in [3.63, 3.8) is 0 Å². The van der Waals surface area contributed by atoms with Crippen molar-refractivity contribution in [2.75, 3.05) is 0 Å². The van der Waals surface area contributed by atoms with E-state index in [1.54, 1.807) is 0 Å². The van der Waals surface area contributed by atoms with Crippen LogP contribution in [-0.4, -0.2) is 9.90 Å². The molecule has 0 bridgehead atoms. The van der Waals surface area contributed by atoms with Gasteiger partial charge in [0.05, 0.1) is 5.21 Å². The van der Waals surface area contributed by atoms with Crippen LogP contribution >= 0.6 is 0 Å². The van der Waals surface area contributed by atoms with E-state index in [4.69, 9.17) is 0 Å². The molecule has 2 aromatic carbocycles. The zero-order valence-corrected chi connectivity index (χ0v) is 11.8. The molecule has 1 aromatic heterocycles. The van der Waals surface area contributed by atoms with Crippen molar-refractivity contribution in [3.05, 3.63) is 71.9 Å². The quantitative estimate of drug-likeness (QED) is 0.667. The zero-order chi connectivity index (χ0) is 13.9. The van der Waals surface area contributed by atoms with Crippen LogP contribution in [0.5, 0.6) is 0 Å². The third-order valence-electron chi connectivity index (χ3n) is 3.40. The van der Waals surface area contributed by atoms with Gasteiger partial charge in [0.1, 0.15) is 13.6 Å². The molecule has 3 nitrogen and oxygen atoms in total. The molecule has 0 aliphatic carbocycles. The summed E-state index contributed by atoms with van der Waals surface area (Å²) in [6.45, 7) is 2.89. The van der Waals surface area contributed by atoms with Gasteiger partial charge in [-0.1, -0.05) is 60.2 Å². The molecule has 0 amide bonds. The minimum atomic E-state index is 0.792. The summed E-state index contributed by atoms with van der Waals surface area (Å²) in [7, 11) is 1.98. The number of aromatic nitrogens is 3. The average molecular weight is 264 g/mol. The van der Waals surface area contributed by atoms with Crippen LogP contribution < -0.4 is 4.68 Å². The van der Waals surface area contributed by atoms with E-state index in [-0.39, 0.29) is 0 Å². The summed E-state index contributed by atoms with van der Waals surface area (Å²) >= 11 is 0. The fourth-order valence-corrected chi connectivity index (χ4v) is 2.30. The largest absolute Gasteiger partial charge is 0.197 e. The Labute approximate surface area is 119 Å². The second kappa shape index (κ2) is 5.29. The standard InChI is InChI=1S/C17H18N3/c1-14-8-10-16(11-9-14)17-13-20(18-19(17)2)12-15-6-4-3-5-7-15/h3-11,13H,12H2,1-2H3/q+1. The Morgan fingerprint density at radius 1 is 1.00 bits per heavy atom. The van der Waals surface area contributed by atoms with E-state index in [2.05, 4.69) is 66.9 Å². The smallest absolute Gasteiger partial charge is 0.133 e. The Bertz CT molecular complexity index is 697. The summed E-state index contributed by atoms with van der Waals surface area (Å²) in [5.41, 5.74) is 4.84. The van der Waals surface area contributed by atoms with Crippen molar-refractivity contribution < 1.29 is 4.68 Å². The van der Waals surface area contributed by atoms with E-state index in [0.29, 0.717) is 0 Å². The molecule has 100 valence electrons. The molecule has 3 heteroatoms. The van der Waals surface area contributed by atoms with Gasteiger partial charge in [-0.05, 0) is 12.5 Å². The highest BCUT2D eigenvalue weighted by Gasteiger charge is 2.14. The Hall–Kier alpha value is -2.42. The molecule has 0 atom stereocenters. The van der Waals surface area contributed by atoms with Gasteiger partial charge in [0.25, 0.3) is 0 Å². The minimum absolute atomic E-state index is 0.792. The van der Waals surface area contributed by atoms with Gasteiger partial charge in [0.2, 0.25) is 0 Å². The summed E-state index contributed by atoms with van der Waals surface area (Å²) in [6.07, 6.45) is 2.09. The molecule has 1 heterocycles. The van der Waals surface area contributed by atoms with Gasteiger partial charge < -0.3 is 0 Å². The average Bonchev–Trinajstić information content (AvgIpc) is 2.81. The molecule has 3 rings (SSSR count). The molecule has 0 aliphatic rings. The molecule has 0 radical (unpaired) electrons. The SMILES string of the molecule is Cc1ccc(-c2c[n+](Cc3ccccc3)nn2C)cc1. The van der Waals surface area contributed by atoms with Crippen molar-refractivity contribution in [2.24, 2.45) is 7.05 Å². The summed E-state index contributed by atoms with van der Waals surface area (Å²) in [5, 5.41) is 4.54. The summed E-state index contributed by atoms with van der Waals surface area (Å²) in [4.78, 5) is 0. The lowest BCUT2D eigenvalue weighted by atomic mass is 10.1. The van der Waals surface area contributed by atoms with Gasteiger partial charge in [-0.15, -0.1) is 9.36 Å². The minimum Gasteiger partial charge on any atom is -0.133 e. The van der Waals surface area contributed by atoms with Crippen LogP contribution in [0.2, 0.25) is 0 Å². The molecule has 0 spiro atoms. The fourth-order valence-electron chi connectivity index (χ4n) is 2.30. The molecular formula is C17H18N3+. The first-order chi connectivity index (χ1) is 9.72. The maximum atomic E-state index is 4.54. The molecule has 0 N–H and O–H groups in total. The lowest BCUT2D eigenvalue weighted by Gasteiger charge is -1.95. The zero-order valence-electron chi connectivity index (χ0n) is 11.8. The number of nitrogens with zero attached hydrogens (tertiary/aromatic N) is 3. The normalized spacial score (nSPS) is 10.7. The van der Waals surface area contributed by atoms with E-state index >= 15 is 0 Å². The van der Waals surface area contributed by atoms with Gasteiger partial charge in [-0.25, -0.2) is 0 Å². The molecule has 0 saturated heterocycles. The second-order valence-corrected chi connectivity index (χ2v) is 5.08. The van der Waals surface area contributed by atoms with E-state index < -0.39 is 0 Å². The predicted octanol–water partition coefficient (Wildman–Crippen LogP) is 2.73. The van der Waals surface area contributed by atoms with Crippen LogP contribution in [0, 0.1) is 6.92 Å². The topological polar surface area (TPSA) is 21.7 Å². The number of rotatable bonds is 3. The first kappa shape index (κ1) is 12.6. The second-order valence-electron chi connectivity index (χ2n) is 5.08. The van der Waals surface area contributed by atoms with Gasteiger partial charge in [-0.2, -0.15) is 0 Å². The molecular weight excluding hydrogens is 246 g/mol. The van der Waals surface area contributed by atoms with Gasteiger partial charge >= 0.3 is 0 Å². The van der Waals surface area contributed by atoms with Gasteiger partial charge in [0.15, 0.2) is 11.9 Å². The maximum absolute atomic E-state index is 4.54. The van der Waals surface area contributed by atoms with E-state index in [1.807, 2.05) is 22.5 Å². The van der Waals surface area contributed by atoms with Gasteiger partial charge in [0, 0.05) is 5.56 Å². The van der Waals surface area contributed by atoms with Crippen molar-refractivity contribution >= 4 is 0 Å². The molecule has 20 heavy (non-hydrogen) atoms. The Kier molecular flexibility index (Phi) is 3.33. The maximum Gasteiger partial charge on any atom is 0.197 e. The molecule has 0 fully saturated rings. The first-order valence-corrected chi connectivity index (χ1v) is 6.77. The molecule has 0 saturated carbocycles. The van der Waals surface area contributed by atoms with Crippen molar-refractivity contribution in [3.8, 4) is 11.3 Å². The van der Waals surface area contributed by atoms with Crippen molar-refractivity contribution in [1.82, 2.24) is 9.90 Å². The van der Waals surface area contributed by atoms with E-state index in [0.717, 1.165) is 12.2 Å². The van der Waals surface area contributed by atoms with Gasteiger partial charge in [-0.3, -0.25) is 0 Å². The predicted molar refractivity (Wildman–Crippen MR) is 79.1 cm³/mol. The molecule has 0 unspecified atom stereocenters. The monoisotopic (exact) mass is 264 g/mol. The highest BCUT2D eigenvalue weighted by molar-refractivity contribution is 5.57. The fraction of sp³-hybridized carbons (Fsp3) is 0.176. The van der Waals surface area contributed by atoms with Crippen molar-refractivity contribution in [1.29, 1.82) is 0 Å². The Morgan fingerprint density at radius 3 is 2.40 bits per heavy atom. The van der Waals surface area contributed by atoms with Crippen LogP contribution in [-0.2, 0) is 13.6 Å². The third-order valence-corrected chi connectivity index (χ3v) is 3.40. The molecule has 3 aromatic rings. The van der Waals surface area contributed by atoms with E-state index in [9.17, 15) is 0 Å². The number of benzene rings is 2. The summed E-state index contributed by atoms with van der Waals surface area (Å²) in [6, 6.07) is 18.9. The van der Waals surface area contributed by atoms with Crippen LogP contribution in [0.15, 0.2) is 60.8 Å². The Morgan fingerprint density at radius 2 is 1.70 bits per heavy atom. The lowest BCUT2D eigenvalue weighted by Crippen LogP contribution is -2.36. The number of hydrogen-bond acceptors (Lipinski definition) is 1. The van der Waals surface area contributed by atoms with Crippen LogP contribution in [0.1, 0.15) is 11.1 Å². The highest BCUT2D eigenvalue weighted by atomic mass is 15.5. The first-order valence-electron chi connectivity index (χ1n) is 6.77. The number of hydrogen-bond donors (Lipinski definition) is 0. The summed E-state index contributed by atoms with van der Waals surface area (Å²) < 4.78 is 3.90. The highest BCUT2D eigenvalue weighted by Crippen LogP contribution is 2.17. The van der Waals surface area contributed by atoms with Crippen LogP contribution in [0.25, 0.3) is 11.3 Å². The third kappa shape index (κ3) is 2.62. The Balaban J connectivity index is 1.89. The van der Waals surface area contributed by atoms with Crippen LogP contribution in [0.3, 0.4) is 0 Å². The summed E-state index contributed by atoms with van der Waals surface area (Å²) in [5.74, 6) is 0. The molecule has 0 aliphatic heterocycles. The lowest BCUT2D eigenvalue weighted by molar-refractivity contribution is -0.747. The van der Waals surface area contributed by atoms with Crippen LogP contribution in [0.4, 0.5) is 0 Å². The number of aryl methyl sites for hydroxylation is 2. The van der Waals surface area contributed by atoms with E-state index in [1.165, 1.54) is 16.7 Å².